The molecule has 2 aromatic rings. The molecule has 0 atom stereocenters. The van der Waals surface area contributed by atoms with Crippen molar-refractivity contribution in [3.63, 3.8) is 0 Å². The number of aryl methyl sites for hydroxylation is 3. The Bertz CT molecular complexity index is 548. The van der Waals surface area contributed by atoms with Gasteiger partial charge in [0.1, 0.15) is 0 Å². The Labute approximate surface area is 112 Å². The minimum absolute atomic E-state index is 0.437. The van der Waals surface area contributed by atoms with Crippen LogP contribution in [0.4, 0.5) is 0 Å². The summed E-state index contributed by atoms with van der Waals surface area (Å²) in [7, 11) is 0. The summed E-state index contributed by atoms with van der Waals surface area (Å²) in [5, 5.41) is 4.53. The summed E-state index contributed by atoms with van der Waals surface area (Å²) in [5.74, 6) is 1.06. The van der Waals surface area contributed by atoms with E-state index in [1.807, 2.05) is 11.6 Å². The Kier molecular flexibility index (Phi) is 3.97. The van der Waals surface area contributed by atoms with Gasteiger partial charge < -0.3 is 0 Å². The number of hydrogen-bond donors (Lipinski definition) is 0. The van der Waals surface area contributed by atoms with Gasteiger partial charge in [-0.05, 0) is 25.8 Å². The van der Waals surface area contributed by atoms with Gasteiger partial charge in [-0.25, -0.2) is 14.6 Å². The van der Waals surface area contributed by atoms with Crippen molar-refractivity contribution in [1.82, 2.24) is 19.7 Å². The van der Waals surface area contributed by atoms with Gasteiger partial charge in [0.25, 0.3) is 5.95 Å². The van der Waals surface area contributed by atoms with Crippen LogP contribution >= 0.6 is 11.6 Å². The molecular formula is C13H17ClN4. The first kappa shape index (κ1) is 13.0. The molecule has 2 aromatic heterocycles. The molecule has 0 aliphatic heterocycles. The van der Waals surface area contributed by atoms with E-state index in [-0.39, 0.29) is 0 Å². The molecule has 96 valence electrons. The molecule has 0 N–H and O–H groups in total. The Morgan fingerprint density at radius 3 is 2.61 bits per heavy atom. The van der Waals surface area contributed by atoms with Gasteiger partial charge in [0.15, 0.2) is 0 Å². The van der Waals surface area contributed by atoms with Gasteiger partial charge in [-0.3, -0.25) is 0 Å². The molecule has 0 spiro atoms. The number of rotatable bonds is 4. The molecule has 2 heterocycles. The van der Waals surface area contributed by atoms with Crippen molar-refractivity contribution in [2.24, 2.45) is 0 Å². The zero-order valence-electron chi connectivity index (χ0n) is 10.9. The van der Waals surface area contributed by atoms with Gasteiger partial charge in [0, 0.05) is 23.1 Å². The summed E-state index contributed by atoms with van der Waals surface area (Å²) >= 11 is 5.81. The van der Waals surface area contributed by atoms with Crippen molar-refractivity contribution < 1.29 is 0 Å². The van der Waals surface area contributed by atoms with E-state index >= 15 is 0 Å². The lowest BCUT2D eigenvalue weighted by molar-refractivity contribution is 0.739. The number of alkyl halides is 1. The smallest absolute Gasteiger partial charge is 0.219 e. The highest BCUT2D eigenvalue weighted by Gasteiger charge is 2.10. The van der Waals surface area contributed by atoms with E-state index < -0.39 is 0 Å². The van der Waals surface area contributed by atoms with E-state index in [9.17, 15) is 0 Å². The molecule has 0 aromatic carbocycles. The van der Waals surface area contributed by atoms with Crippen LogP contribution in [0.5, 0.6) is 0 Å². The predicted octanol–water partition coefficient (Wildman–Crippen LogP) is 2.83. The third kappa shape index (κ3) is 2.38. The summed E-state index contributed by atoms with van der Waals surface area (Å²) < 4.78 is 1.82. The van der Waals surface area contributed by atoms with E-state index in [1.165, 1.54) is 0 Å². The van der Waals surface area contributed by atoms with Crippen LogP contribution in [0.3, 0.4) is 0 Å². The highest BCUT2D eigenvalue weighted by molar-refractivity contribution is 6.17. The fraction of sp³-hybridized carbons (Fsp3) is 0.462. The fourth-order valence-electron chi connectivity index (χ4n) is 1.79. The van der Waals surface area contributed by atoms with Crippen molar-refractivity contribution in [1.29, 1.82) is 0 Å². The Balaban J connectivity index is 2.47. The normalized spacial score (nSPS) is 10.9. The van der Waals surface area contributed by atoms with E-state index in [1.54, 1.807) is 6.20 Å². The third-order valence-electron chi connectivity index (χ3n) is 2.96. The number of halogens is 1. The summed E-state index contributed by atoms with van der Waals surface area (Å²) in [6.07, 6.45) is 3.60. The first-order chi connectivity index (χ1) is 8.69. The predicted molar refractivity (Wildman–Crippen MR) is 72.2 cm³/mol. The SMILES string of the molecule is CCc1cc(CC)n(-c2ncc(CCl)c(C)n2)n1. The largest absolute Gasteiger partial charge is 0.250 e. The Hall–Kier alpha value is -1.42. The molecule has 0 aliphatic rings. The van der Waals surface area contributed by atoms with Crippen LogP contribution in [0, 0.1) is 6.92 Å². The van der Waals surface area contributed by atoms with Gasteiger partial charge in [-0.1, -0.05) is 13.8 Å². The average Bonchev–Trinajstić information content (AvgIpc) is 2.82. The average molecular weight is 265 g/mol. The monoisotopic (exact) mass is 264 g/mol. The molecule has 4 nitrogen and oxygen atoms in total. The van der Waals surface area contributed by atoms with Gasteiger partial charge >= 0.3 is 0 Å². The van der Waals surface area contributed by atoms with Crippen molar-refractivity contribution in [3.8, 4) is 5.95 Å². The van der Waals surface area contributed by atoms with Crippen LogP contribution in [0.25, 0.3) is 5.95 Å². The topological polar surface area (TPSA) is 43.6 Å². The van der Waals surface area contributed by atoms with E-state index in [2.05, 4.69) is 35.0 Å². The van der Waals surface area contributed by atoms with Crippen LogP contribution in [0.1, 0.15) is 36.5 Å². The molecule has 0 saturated carbocycles. The van der Waals surface area contributed by atoms with E-state index in [0.717, 1.165) is 35.5 Å². The van der Waals surface area contributed by atoms with Gasteiger partial charge in [-0.15, -0.1) is 11.6 Å². The first-order valence-electron chi connectivity index (χ1n) is 6.16. The first-order valence-corrected chi connectivity index (χ1v) is 6.69. The lowest BCUT2D eigenvalue weighted by Crippen LogP contribution is -2.08. The zero-order valence-corrected chi connectivity index (χ0v) is 11.7. The standard InChI is InChI=1S/C13H17ClN4/c1-4-11-6-12(5-2)18(17-11)13-15-8-10(7-14)9(3)16-13/h6,8H,4-5,7H2,1-3H3. The molecule has 2 rings (SSSR count). The van der Waals surface area contributed by atoms with Gasteiger partial charge in [0.2, 0.25) is 0 Å². The van der Waals surface area contributed by atoms with Crippen LogP contribution in [-0.4, -0.2) is 19.7 Å². The quantitative estimate of drug-likeness (QED) is 0.798. The second-order valence-corrected chi connectivity index (χ2v) is 4.43. The highest BCUT2D eigenvalue weighted by atomic mass is 35.5. The minimum atomic E-state index is 0.437. The van der Waals surface area contributed by atoms with Crippen LogP contribution in [0.15, 0.2) is 12.3 Å². The van der Waals surface area contributed by atoms with Crippen molar-refractivity contribution in [2.45, 2.75) is 39.5 Å². The molecule has 0 aliphatic carbocycles. The molecule has 0 amide bonds. The Morgan fingerprint density at radius 2 is 2.06 bits per heavy atom. The minimum Gasteiger partial charge on any atom is -0.219 e. The number of hydrogen-bond acceptors (Lipinski definition) is 3. The molecule has 0 saturated heterocycles. The van der Waals surface area contributed by atoms with E-state index in [0.29, 0.717) is 11.8 Å². The maximum absolute atomic E-state index is 5.81. The zero-order chi connectivity index (χ0) is 13.1. The molecule has 0 unspecified atom stereocenters. The van der Waals surface area contributed by atoms with Crippen molar-refractivity contribution in [2.75, 3.05) is 0 Å². The molecule has 0 bridgehead atoms. The maximum atomic E-state index is 5.81. The van der Waals surface area contributed by atoms with Crippen LogP contribution in [-0.2, 0) is 18.7 Å². The molecule has 5 heteroatoms. The van der Waals surface area contributed by atoms with Crippen LogP contribution in [0.2, 0.25) is 0 Å². The molecular weight excluding hydrogens is 248 g/mol. The number of nitrogens with zero attached hydrogens (tertiary/aromatic N) is 4. The van der Waals surface area contributed by atoms with Crippen molar-refractivity contribution >= 4 is 11.6 Å². The lowest BCUT2D eigenvalue weighted by atomic mass is 10.2. The molecule has 0 radical (unpaired) electrons. The summed E-state index contributed by atoms with van der Waals surface area (Å²) in [5.41, 5.74) is 4.06. The second-order valence-electron chi connectivity index (χ2n) is 4.16. The van der Waals surface area contributed by atoms with Gasteiger partial charge in [0.05, 0.1) is 11.6 Å². The summed E-state index contributed by atoms with van der Waals surface area (Å²) in [6, 6.07) is 2.11. The third-order valence-corrected chi connectivity index (χ3v) is 3.25. The lowest BCUT2D eigenvalue weighted by Gasteiger charge is -2.06. The molecule has 18 heavy (non-hydrogen) atoms. The Morgan fingerprint density at radius 1 is 1.28 bits per heavy atom. The maximum Gasteiger partial charge on any atom is 0.250 e. The van der Waals surface area contributed by atoms with E-state index in [4.69, 9.17) is 11.6 Å². The second kappa shape index (κ2) is 5.48. The molecule has 0 fully saturated rings. The van der Waals surface area contributed by atoms with Crippen molar-refractivity contribution in [3.05, 3.63) is 34.9 Å². The number of aromatic nitrogens is 4. The summed E-state index contributed by atoms with van der Waals surface area (Å²) in [6.45, 7) is 6.14. The summed E-state index contributed by atoms with van der Waals surface area (Å²) in [4.78, 5) is 8.82. The van der Waals surface area contributed by atoms with Crippen LogP contribution < -0.4 is 0 Å². The fourth-order valence-corrected chi connectivity index (χ4v) is 2.05. The highest BCUT2D eigenvalue weighted by Crippen LogP contribution is 2.13. The van der Waals surface area contributed by atoms with Gasteiger partial charge in [-0.2, -0.15) is 5.10 Å².